The van der Waals surface area contributed by atoms with Crippen LogP contribution in [-0.2, 0) is 0 Å². The van der Waals surface area contributed by atoms with Crippen molar-refractivity contribution in [3.63, 3.8) is 0 Å². The molecule has 1 atom stereocenters. The third kappa shape index (κ3) is 2.61. The van der Waals surface area contributed by atoms with Gasteiger partial charge in [-0.15, -0.1) is 0 Å². The summed E-state index contributed by atoms with van der Waals surface area (Å²) in [6.07, 6.45) is 3.41. The first-order valence-electron chi connectivity index (χ1n) is 6.82. The van der Waals surface area contributed by atoms with Gasteiger partial charge in [0.05, 0.1) is 6.10 Å². The summed E-state index contributed by atoms with van der Waals surface area (Å²) in [5, 5.41) is 9.98. The normalized spacial score (nSPS) is 24.8. The molecular weight excluding hydrogens is 240 g/mol. The van der Waals surface area contributed by atoms with Crippen molar-refractivity contribution in [2.24, 2.45) is 5.41 Å². The number of hydrogen-bond donors (Lipinski definition) is 1. The standard InChI is InChI=1S/C16H20O3/c1-16(2)9-12(7-13(17)10-16)11-3-4-14-15(8-11)19-6-5-18-14/h3-4,7-8,13,17H,5-6,9-10H2,1-2H3. The van der Waals surface area contributed by atoms with E-state index in [0.29, 0.717) is 13.2 Å². The maximum Gasteiger partial charge on any atom is 0.161 e. The molecule has 2 aliphatic rings. The van der Waals surface area contributed by atoms with E-state index >= 15 is 0 Å². The number of rotatable bonds is 1. The quantitative estimate of drug-likeness (QED) is 0.843. The van der Waals surface area contributed by atoms with Crippen LogP contribution in [0.3, 0.4) is 0 Å². The van der Waals surface area contributed by atoms with Gasteiger partial charge in [0.2, 0.25) is 0 Å². The molecule has 0 bridgehead atoms. The second-order valence-electron chi connectivity index (χ2n) is 6.16. The first kappa shape index (κ1) is 12.5. The molecule has 19 heavy (non-hydrogen) atoms. The average Bonchev–Trinajstić information content (AvgIpc) is 2.36. The fraction of sp³-hybridized carbons (Fsp3) is 0.500. The van der Waals surface area contributed by atoms with Gasteiger partial charge >= 0.3 is 0 Å². The third-order valence-electron chi connectivity index (χ3n) is 3.74. The highest BCUT2D eigenvalue weighted by atomic mass is 16.6. The molecule has 102 valence electrons. The van der Waals surface area contributed by atoms with Crippen LogP contribution in [0.15, 0.2) is 24.3 Å². The van der Waals surface area contributed by atoms with Crippen LogP contribution in [0.4, 0.5) is 0 Å². The van der Waals surface area contributed by atoms with Gasteiger partial charge < -0.3 is 14.6 Å². The molecule has 1 aliphatic heterocycles. The molecule has 3 rings (SSSR count). The first-order valence-corrected chi connectivity index (χ1v) is 6.82. The van der Waals surface area contributed by atoms with Gasteiger partial charge in [0.1, 0.15) is 13.2 Å². The van der Waals surface area contributed by atoms with Crippen LogP contribution in [0.5, 0.6) is 11.5 Å². The molecule has 0 spiro atoms. The Morgan fingerprint density at radius 2 is 1.89 bits per heavy atom. The van der Waals surface area contributed by atoms with Crippen molar-refractivity contribution in [2.75, 3.05) is 13.2 Å². The summed E-state index contributed by atoms with van der Waals surface area (Å²) >= 11 is 0. The summed E-state index contributed by atoms with van der Waals surface area (Å²) in [6, 6.07) is 6.03. The number of benzene rings is 1. The van der Waals surface area contributed by atoms with E-state index in [9.17, 15) is 5.11 Å². The Kier molecular flexibility index (Phi) is 3.02. The molecule has 0 amide bonds. The van der Waals surface area contributed by atoms with E-state index in [-0.39, 0.29) is 11.5 Å². The van der Waals surface area contributed by atoms with Gasteiger partial charge in [-0.3, -0.25) is 0 Å². The monoisotopic (exact) mass is 260 g/mol. The van der Waals surface area contributed by atoms with E-state index in [0.717, 1.165) is 29.9 Å². The molecule has 0 saturated carbocycles. The molecule has 0 fully saturated rings. The van der Waals surface area contributed by atoms with Crippen molar-refractivity contribution in [3.8, 4) is 11.5 Å². The average molecular weight is 260 g/mol. The zero-order valence-electron chi connectivity index (χ0n) is 11.5. The highest BCUT2D eigenvalue weighted by molar-refractivity contribution is 5.70. The number of aliphatic hydroxyl groups excluding tert-OH is 1. The summed E-state index contributed by atoms with van der Waals surface area (Å²) < 4.78 is 11.2. The largest absolute Gasteiger partial charge is 0.486 e. The number of ether oxygens (including phenoxy) is 2. The minimum absolute atomic E-state index is 0.136. The minimum atomic E-state index is -0.355. The molecule has 1 heterocycles. The van der Waals surface area contributed by atoms with Crippen LogP contribution < -0.4 is 9.47 Å². The second kappa shape index (κ2) is 4.57. The predicted octanol–water partition coefficient (Wildman–Crippen LogP) is 3.02. The molecule has 1 aromatic carbocycles. The second-order valence-corrected chi connectivity index (χ2v) is 6.16. The maximum atomic E-state index is 9.98. The SMILES string of the molecule is CC1(C)CC(c2ccc3c(c2)OCCO3)=CC(O)C1. The van der Waals surface area contributed by atoms with E-state index in [1.807, 2.05) is 24.3 Å². The molecule has 0 saturated heterocycles. The van der Waals surface area contributed by atoms with E-state index in [1.165, 1.54) is 5.57 Å². The zero-order chi connectivity index (χ0) is 13.5. The minimum Gasteiger partial charge on any atom is -0.486 e. The summed E-state index contributed by atoms with van der Waals surface area (Å²) in [5.41, 5.74) is 2.45. The number of hydrogen-bond acceptors (Lipinski definition) is 3. The lowest BCUT2D eigenvalue weighted by Gasteiger charge is -2.33. The van der Waals surface area contributed by atoms with Crippen molar-refractivity contribution >= 4 is 5.57 Å². The van der Waals surface area contributed by atoms with Crippen molar-refractivity contribution < 1.29 is 14.6 Å². The van der Waals surface area contributed by atoms with Crippen molar-refractivity contribution in [3.05, 3.63) is 29.8 Å². The van der Waals surface area contributed by atoms with Gasteiger partial charge in [0.15, 0.2) is 11.5 Å². The van der Waals surface area contributed by atoms with Gasteiger partial charge in [-0.2, -0.15) is 0 Å². The predicted molar refractivity (Wildman–Crippen MR) is 74.4 cm³/mol. The fourth-order valence-corrected chi connectivity index (χ4v) is 2.95. The Labute approximate surface area is 113 Å². The Bertz CT molecular complexity index is 517. The van der Waals surface area contributed by atoms with Crippen LogP contribution >= 0.6 is 0 Å². The Hall–Kier alpha value is -1.48. The zero-order valence-corrected chi connectivity index (χ0v) is 11.5. The molecule has 3 heteroatoms. The van der Waals surface area contributed by atoms with E-state index in [4.69, 9.17) is 9.47 Å². The first-order chi connectivity index (χ1) is 9.03. The maximum absolute atomic E-state index is 9.98. The Morgan fingerprint density at radius 3 is 2.63 bits per heavy atom. The molecule has 0 radical (unpaired) electrons. The van der Waals surface area contributed by atoms with Gasteiger partial charge in [0.25, 0.3) is 0 Å². The molecule has 1 N–H and O–H groups in total. The topological polar surface area (TPSA) is 38.7 Å². The van der Waals surface area contributed by atoms with Crippen LogP contribution in [0.25, 0.3) is 5.57 Å². The lowest BCUT2D eigenvalue weighted by Crippen LogP contribution is -2.24. The molecule has 0 aromatic heterocycles. The summed E-state index contributed by atoms with van der Waals surface area (Å²) in [4.78, 5) is 0. The lowest BCUT2D eigenvalue weighted by atomic mass is 9.74. The van der Waals surface area contributed by atoms with Crippen LogP contribution in [0.2, 0.25) is 0 Å². The number of aliphatic hydroxyl groups is 1. The van der Waals surface area contributed by atoms with Crippen molar-refractivity contribution in [1.82, 2.24) is 0 Å². The molecule has 1 unspecified atom stereocenters. The fourth-order valence-electron chi connectivity index (χ4n) is 2.95. The highest BCUT2D eigenvalue weighted by Gasteiger charge is 2.28. The molecule has 1 aliphatic carbocycles. The third-order valence-corrected chi connectivity index (χ3v) is 3.74. The van der Waals surface area contributed by atoms with Crippen LogP contribution in [0, 0.1) is 5.41 Å². The summed E-state index contributed by atoms with van der Waals surface area (Å²) in [7, 11) is 0. The van der Waals surface area contributed by atoms with Gasteiger partial charge in [-0.05, 0) is 41.5 Å². The van der Waals surface area contributed by atoms with Crippen LogP contribution in [-0.4, -0.2) is 24.4 Å². The van der Waals surface area contributed by atoms with E-state index in [1.54, 1.807) is 0 Å². The molecule has 3 nitrogen and oxygen atoms in total. The van der Waals surface area contributed by atoms with Crippen LogP contribution in [0.1, 0.15) is 32.3 Å². The lowest BCUT2D eigenvalue weighted by molar-refractivity contribution is 0.146. The van der Waals surface area contributed by atoms with Gasteiger partial charge in [-0.1, -0.05) is 26.0 Å². The summed E-state index contributed by atoms with van der Waals surface area (Å²) in [6.45, 7) is 5.60. The summed E-state index contributed by atoms with van der Waals surface area (Å²) in [5.74, 6) is 1.62. The molecular formula is C16H20O3. The highest BCUT2D eigenvalue weighted by Crippen LogP contribution is 2.41. The van der Waals surface area contributed by atoms with Crippen molar-refractivity contribution in [1.29, 1.82) is 0 Å². The molecule has 1 aromatic rings. The Morgan fingerprint density at radius 1 is 1.16 bits per heavy atom. The number of allylic oxidation sites excluding steroid dienone is 1. The van der Waals surface area contributed by atoms with E-state index in [2.05, 4.69) is 13.8 Å². The Balaban J connectivity index is 1.94. The smallest absolute Gasteiger partial charge is 0.161 e. The van der Waals surface area contributed by atoms with Gasteiger partial charge in [-0.25, -0.2) is 0 Å². The van der Waals surface area contributed by atoms with Crippen molar-refractivity contribution in [2.45, 2.75) is 32.8 Å². The van der Waals surface area contributed by atoms with E-state index < -0.39 is 0 Å². The van der Waals surface area contributed by atoms with Gasteiger partial charge in [0, 0.05) is 0 Å². The number of fused-ring (bicyclic) bond motifs is 1.